The summed E-state index contributed by atoms with van der Waals surface area (Å²) < 4.78 is 45.0. The van der Waals surface area contributed by atoms with Gasteiger partial charge in [0.15, 0.2) is 0 Å². The Bertz CT molecular complexity index is 1410. The molecule has 7 atom stereocenters. The highest BCUT2D eigenvalue weighted by Gasteiger charge is 2.59. The minimum absolute atomic E-state index is 0.153. The van der Waals surface area contributed by atoms with Crippen LogP contribution in [-0.4, -0.2) is 92.0 Å². The lowest BCUT2D eigenvalue weighted by Crippen LogP contribution is -2.59. The van der Waals surface area contributed by atoms with Crippen molar-refractivity contribution in [3.63, 3.8) is 0 Å². The van der Waals surface area contributed by atoms with E-state index in [1.165, 1.54) is 12.1 Å². The fraction of sp³-hybridized carbons (Fsp3) is 0.552. The zero-order valence-corrected chi connectivity index (χ0v) is 23.2. The number of aliphatic hydroxyl groups is 1. The quantitative estimate of drug-likeness (QED) is 0.317. The summed E-state index contributed by atoms with van der Waals surface area (Å²) in [6.07, 6.45) is 1.35. The topological polar surface area (TPSA) is 120 Å². The normalized spacial score (nSPS) is 31.2. The summed E-state index contributed by atoms with van der Waals surface area (Å²) in [6.45, 7) is 3.22. The van der Waals surface area contributed by atoms with Gasteiger partial charge in [0.2, 0.25) is 5.95 Å². The summed E-state index contributed by atoms with van der Waals surface area (Å²) in [5, 5.41) is 17.0. The first kappa shape index (κ1) is 27.7. The first-order chi connectivity index (χ1) is 20.3. The van der Waals surface area contributed by atoms with E-state index in [0.717, 1.165) is 24.3 Å². The molecule has 2 aromatic heterocycles. The van der Waals surface area contributed by atoms with Crippen molar-refractivity contribution >= 4 is 5.95 Å². The molecular weight excluding hydrogens is 547 g/mol. The highest BCUT2D eigenvalue weighted by molar-refractivity contribution is 5.77. The van der Waals surface area contributed by atoms with E-state index in [0.29, 0.717) is 49.5 Å². The second kappa shape index (κ2) is 10.9. The zero-order chi connectivity index (χ0) is 29.0. The maximum Gasteiger partial charge on any atom is 0.220 e. The number of hydrogen-bond acceptors (Lipinski definition) is 9. The highest BCUT2D eigenvalue weighted by atomic mass is 19.1. The fourth-order valence-corrected chi connectivity index (χ4v) is 7.49. The number of rotatable bonds is 8. The van der Waals surface area contributed by atoms with E-state index in [2.05, 4.69) is 30.2 Å². The predicted octanol–water partition coefficient (Wildman–Crippen LogP) is 2.36. The van der Waals surface area contributed by atoms with Gasteiger partial charge in [-0.15, -0.1) is 0 Å². The number of likely N-dealkylation sites (tertiary alicyclic amines) is 1. The van der Waals surface area contributed by atoms with Crippen LogP contribution >= 0.6 is 0 Å². The summed E-state index contributed by atoms with van der Waals surface area (Å²) in [5.41, 5.74) is 10.7. The van der Waals surface area contributed by atoms with Crippen molar-refractivity contribution in [1.82, 2.24) is 40.2 Å². The van der Waals surface area contributed by atoms with Gasteiger partial charge in [-0.25, -0.2) is 38.6 Å². The largest absolute Gasteiger partial charge is 0.387 e. The molecule has 2 aliphatic carbocycles. The lowest BCUT2D eigenvalue weighted by molar-refractivity contribution is -0.109. The van der Waals surface area contributed by atoms with Crippen LogP contribution in [0.1, 0.15) is 25.3 Å². The molecule has 2 aliphatic heterocycles. The van der Waals surface area contributed by atoms with Crippen LogP contribution in [0.15, 0.2) is 42.9 Å². The zero-order valence-electron chi connectivity index (χ0n) is 23.2. The first-order valence-corrected chi connectivity index (χ1v) is 14.6. The summed E-state index contributed by atoms with van der Waals surface area (Å²) in [7, 11) is 0. The standard InChI is InChI=1S/C29H36F3N9O/c30-18-3-1-17(2-4-18)25-27(24-7-8-35-28(33)38-24)41(16-36-25)26-20-10-39(11-21(20)26)12-29(42,13-40-15-34-14-37-40)22-6-5-19(31)9-23(22)32/h1-4,7-8,16,19-23,26,34,37,42H,5-6,9-15H2,(H2,33,35,38)/t19?,20-,21+,22?,23?,26?,29-/m0/s1. The Morgan fingerprint density at radius 2 is 1.83 bits per heavy atom. The number of hydrogen-bond donors (Lipinski definition) is 4. The molecule has 0 spiro atoms. The number of halogens is 3. The number of imidazole rings is 1. The van der Waals surface area contributed by atoms with Crippen LogP contribution < -0.4 is 16.5 Å². The molecule has 2 saturated carbocycles. The molecule has 4 aliphatic rings. The maximum atomic E-state index is 15.2. The summed E-state index contributed by atoms with van der Waals surface area (Å²) >= 11 is 0. The number of benzene rings is 1. The van der Waals surface area contributed by atoms with Crippen molar-refractivity contribution in [1.29, 1.82) is 0 Å². The average Bonchev–Trinajstić information content (AvgIpc) is 3.42. The van der Waals surface area contributed by atoms with Crippen molar-refractivity contribution in [2.24, 2.45) is 17.8 Å². The van der Waals surface area contributed by atoms with Crippen LogP contribution in [-0.2, 0) is 0 Å². The van der Waals surface area contributed by atoms with E-state index in [1.807, 2.05) is 11.3 Å². The molecule has 0 amide bonds. The Hall–Kier alpha value is -3.10. The molecule has 4 fully saturated rings. The number of nitrogen functional groups attached to an aromatic ring is 1. The molecule has 0 bridgehead atoms. The van der Waals surface area contributed by atoms with Crippen LogP contribution in [0, 0.1) is 23.6 Å². The van der Waals surface area contributed by atoms with Crippen molar-refractivity contribution in [3.05, 3.63) is 48.7 Å². The number of alkyl halides is 2. The number of anilines is 1. The van der Waals surface area contributed by atoms with Crippen LogP contribution in [0.5, 0.6) is 0 Å². The summed E-state index contributed by atoms with van der Waals surface area (Å²) in [5.74, 6) is -0.159. The van der Waals surface area contributed by atoms with E-state index < -0.39 is 23.9 Å². The molecule has 0 radical (unpaired) electrons. The summed E-state index contributed by atoms with van der Waals surface area (Å²) in [6, 6.07) is 8.18. The Morgan fingerprint density at radius 3 is 2.52 bits per heavy atom. The molecule has 7 rings (SSSR count). The molecule has 42 heavy (non-hydrogen) atoms. The Labute approximate surface area is 242 Å². The van der Waals surface area contributed by atoms with Gasteiger partial charge in [0.25, 0.3) is 0 Å². The third kappa shape index (κ3) is 5.17. The van der Waals surface area contributed by atoms with Crippen molar-refractivity contribution in [2.45, 2.75) is 43.2 Å². The SMILES string of the molecule is Nc1nccc(-c2c(-c3ccc(F)cc3)ncn2C2[C@H]3CN(C[C@](O)(CN4CNCN4)C4CCC(F)CC4F)C[C@@H]23)n1. The molecule has 2 saturated heterocycles. The molecule has 10 nitrogen and oxygen atoms in total. The lowest BCUT2D eigenvalue weighted by atomic mass is 9.74. The molecule has 4 unspecified atom stereocenters. The third-order valence-corrected chi connectivity index (χ3v) is 9.46. The van der Waals surface area contributed by atoms with Gasteiger partial charge in [0, 0.05) is 56.3 Å². The van der Waals surface area contributed by atoms with Crippen molar-refractivity contribution < 1.29 is 18.3 Å². The van der Waals surface area contributed by atoms with E-state index >= 15 is 4.39 Å². The monoisotopic (exact) mass is 583 g/mol. The van der Waals surface area contributed by atoms with E-state index in [-0.39, 0.29) is 37.2 Å². The van der Waals surface area contributed by atoms with Crippen LogP contribution in [0.4, 0.5) is 19.1 Å². The van der Waals surface area contributed by atoms with Gasteiger partial charge in [-0.2, -0.15) is 0 Å². The Morgan fingerprint density at radius 1 is 1.05 bits per heavy atom. The van der Waals surface area contributed by atoms with Gasteiger partial charge in [0.1, 0.15) is 18.2 Å². The number of nitrogens with two attached hydrogens (primary N) is 1. The second-order valence-corrected chi connectivity index (χ2v) is 12.2. The van der Waals surface area contributed by atoms with E-state index in [9.17, 15) is 13.9 Å². The minimum Gasteiger partial charge on any atom is -0.387 e. The molecule has 224 valence electrons. The highest BCUT2D eigenvalue weighted by Crippen LogP contribution is 2.57. The smallest absolute Gasteiger partial charge is 0.220 e. The van der Waals surface area contributed by atoms with Gasteiger partial charge in [-0.3, -0.25) is 10.2 Å². The molecule has 4 heterocycles. The van der Waals surface area contributed by atoms with Crippen LogP contribution in [0.3, 0.4) is 0 Å². The second-order valence-electron chi connectivity index (χ2n) is 12.2. The molecule has 13 heteroatoms. The number of piperidine rings is 1. The number of nitrogens with one attached hydrogen (secondary N) is 2. The van der Waals surface area contributed by atoms with Crippen molar-refractivity contribution in [2.75, 3.05) is 45.3 Å². The number of fused-ring (bicyclic) bond motifs is 1. The molecule has 1 aromatic carbocycles. The number of aromatic nitrogens is 4. The molecular formula is C29H36F3N9O. The average molecular weight is 584 g/mol. The van der Waals surface area contributed by atoms with Gasteiger partial charge in [-0.1, -0.05) is 0 Å². The number of hydrazine groups is 1. The van der Waals surface area contributed by atoms with Crippen molar-refractivity contribution in [3.8, 4) is 22.6 Å². The van der Waals surface area contributed by atoms with Gasteiger partial charge in [0.05, 0.1) is 42.3 Å². The Balaban J connectivity index is 1.11. The lowest BCUT2D eigenvalue weighted by Gasteiger charge is -2.44. The number of nitrogens with zero attached hydrogens (tertiary/aromatic N) is 6. The fourth-order valence-electron chi connectivity index (χ4n) is 7.49. The van der Waals surface area contributed by atoms with Gasteiger partial charge < -0.3 is 15.4 Å². The van der Waals surface area contributed by atoms with E-state index in [1.54, 1.807) is 24.4 Å². The molecule has 3 aromatic rings. The van der Waals surface area contributed by atoms with Gasteiger partial charge in [-0.05, 0) is 55.0 Å². The van der Waals surface area contributed by atoms with Gasteiger partial charge >= 0.3 is 0 Å². The maximum absolute atomic E-state index is 15.2. The van der Waals surface area contributed by atoms with E-state index in [4.69, 9.17) is 10.7 Å². The predicted molar refractivity (Wildman–Crippen MR) is 150 cm³/mol. The van der Waals surface area contributed by atoms with Crippen LogP contribution in [0.25, 0.3) is 22.6 Å². The van der Waals surface area contributed by atoms with Crippen LogP contribution in [0.2, 0.25) is 0 Å². The third-order valence-electron chi connectivity index (χ3n) is 9.46. The summed E-state index contributed by atoms with van der Waals surface area (Å²) in [4.78, 5) is 15.5. The first-order valence-electron chi connectivity index (χ1n) is 14.6. The Kier molecular flexibility index (Phi) is 7.17. The molecule has 5 N–H and O–H groups in total. The number of β-amino-alcohol motifs (C(OH)–C–C–N with tert-alkyl or cyclic N) is 1. The minimum atomic E-state index is -1.38.